The normalized spacial score (nSPS) is 11.1. The summed E-state index contributed by atoms with van der Waals surface area (Å²) in [7, 11) is 0. The lowest BCUT2D eigenvalue weighted by atomic mass is 10.1. The zero-order chi connectivity index (χ0) is 20.7. The van der Waals surface area contributed by atoms with E-state index in [2.05, 4.69) is 25.3 Å². The smallest absolute Gasteiger partial charge is 0.274 e. The van der Waals surface area contributed by atoms with Crippen molar-refractivity contribution in [3.05, 3.63) is 51.9 Å². The highest BCUT2D eigenvalue weighted by Crippen LogP contribution is 2.34. The number of H-pyrrole nitrogens is 2. The summed E-state index contributed by atoms with van der Waals surface area (Å²) in [6.45, 7) is 5.56. The maximum absolute atomic E-state index is 12.9. The molecule has 0 aliphatic rings. The molecule has 0 unspecified atom stereocenters. The van der Waals surface area contributed by atoms with Crippen LogP contribution in [0.15, 0.2) is 24.5 Å². The first-order valence-corrected chi connectivity index (χ1v) is 9.94. The molecule has 2 amide bonds. The molecule has 0 aliphatic carbocycles. The van der Waals surface area contributed by atoms with Crippen molar-refractivity contribution in [3.8, 4) is 11.3 Å². The van der Waals surface area contributed by atoms with Crippen LogP contribution >= 0.6 is 11.3 Å². The Morgan fingerprint density at radius 1 is 1.31 bits per heavy atom. The van der Waals surface area contributed by atoms with Gasteiger partial charge in [-0.1, -0.05) is 6.92 Å². The van der Waals surface area contributed by atoms with Crippen LogP contribution in [0, 0.1) is 13.8 Å². The number of amides is 2. The fourth-order valence-corrected chi connectivity index (χ4v) is 4.39. The first-order valence-electron chi connectivity index (χ1n) is 9.13. The van der Waals surface area contributed by atoms with Crippen LogP contribution in [0.25, 0.3) is 22.3 Å². The van der Waals surface area contributed by atoms with Crippen molar-refractivity contribution in [2.24, 2.45) is 5.73 Å². The average molecular weight is 408 g/mol. The highest BCUT2D eigenvalue weighted by molar-refractivity contribution is 7.16. The summed E-state index contributed by atoms with van der Waals surface area (Å²) in [5, 5.41) is 4.30. The van der Waals surface area contributed by atoms with Gasteiger partial charge in [-0.15, -0.1) is 11.3 Å². The molecule has 0 radical (unpaired) electrons. The van der Waals surface area contributed by atoms with Crippen LogP contribution in [0.3, 0.4) is 0 Å². The molecule has 8 nitrogen and oxygen atoms in total. The summed E-state index contributed by atoms with van der Waals surface area (Å²) in [4.78, 5) is 40.6. The van der Waals surface area contributed by atoms with Crippen molar-refractivity contribution >= 4 is 39.3 Å². The zero-order valence-corrected chi connectivity index (χ0v) is 17.0. The van der Waals surface area contributed by atoms with Gasteiger partial charge >= 0.3 is 0 Å². The van der Waals surface area contributed by atoms with Gasteiger partial charge in [0, 0.05) is 33.9 Å². The molecule has 0 aromatic carbocycles. The number of fused-ring (bicyclic) bond motifs is 1. The number of nitrogens with two attached hydrogens (primary N) is 1. The van der Waals surface area contributed by atoms with E-state index >= 15 is 0 Å². The summed E-state index contributed by atoms with van der Waals surface area (Å²) in [6.07, 6.45) is 4.11. The number of pyridine rings is 1. The lowest BCUT2D eigenvalue weighted by molar-refractivity contribution is 0.0998. The highest BCUT2D eigenvalue weighted by Gasteiger charge is 2.23. The zero-order valence-electron chi connectivity index (χ0n) is 16.2. The summed E-state index contributed by atoms with van der Waals surface area (Å²) in [5.74, 6) is -0.895. The van der Waals surface area contributed by atoms with Gasteiger partial charge in [-0.05, 0) is 38.0 Å². The molecule has 9 heteroatoms. The predicted octanol–water partition coefficient (Wildman–Crippen LogP) is 3.54. The number of carbonyl (C=O) groups excluding carboxylic acids is 2. The average Bonchev–Trinajstić information content (AvgIpc) is 3.36. The van der Waals surface area contributed by atoms with Gasteiger partial charge in [-0.2, -0.15) is 0 Å². The number of carbonyl (C=O) groups is 2. The van der Waals surface area contributed by atoms with Gasteiger partial charge in [0.1, 0.15) is 11.3 Å². The third-order valence-corrected chi connectivity index (χ3v) is 5.73. The molecule has 0 aliphatic heterocycles. The van der Waals surface area contributed by atoms with Gasteiger partial charge in [0.05, 0.1) is 11.3 Å². The Hall–Kier alpha value is -3.46. The number of rotatable bonds is 5. The van der Waals surface area contributed by atoms with Crippen molar-refractivity contribution in [1.29, 1.82) is 0 Å². The van der Waals surface area contributed by atoms with Crippen LogP contribution in [-0.2, 0) is 6.42 Å². The van der Waals surface area contributed by atoms with Gasteiger partial charge < -0.3 is 15.7 Å². The molecule has 0 atom stereocenters. The number of anilines is 1. The third kappa shape index (κ3) is 3.19. The maximum Gasteiger partial charge on any atom is 0.274 e. The third-order valence-electron chi connectivity index (χ3n) is 4.84. The molecule has 0 saturated carbocycles. The second-order valence-corrected chi connectivity index (χ2v) is 7.88. The molecule has 4 heterocycles. The predicted molar refractivity (Wildman–Crippen MR) is 113 cm³/mol. The molecule has 4 aromatic heterocycles. The van der Waals surface area contributed by atoms with Gasteiger partial charge in [-0.3, -0.25) is 14.9 Å². The van der Waals surface area contributed by atoms with Gasteiger partial charge in [0.15, 0.2) is 5.13 Å². The minimum Gasteiger partial charge on any atom is -0.366 e. The Kier molecular flexibility index (Phi) is 4.67. The molecule has 0 bridgehead atoms. The number of aryl methyl sites for hydroxylation is 2. The van der Waals surface area contributed by atoms with Gasteiger partial charge in [-0.25, -0.2) is 9.97 Å². The quantitative estimate of drug-likeness (QED) is 0.402. The van der Waals surface area contributed by atoms with E-state index in [0.717, 1.165) is 27.2 Å². The lowest BCUT2D eigenvalue weighted by Gasteiger charge is -2.03. The van der Waals surface area contributed by atoms with Crippen LogP contribution in [0.4, 0.5) is 5.13 Å². The van der Waals surface area contributed by atoms with Crippen molar-refractivity contribution < 1.29 is 9.59 Å². The number of aromatic nitrogens is 4. The van der Waals surface area contributed by atoms with Crippen molar-refractivity contribution in [3.63, 3.8) is 0 Å². The molecular weight excluding hydrogens is 388 g/mol. The van der Waals surface area contributed by atoms with E-state index in [1.54, 1.807) is 13.1 Å². The Morgan fingerprint density at radius 2 is 2.10 bits per heavy atom. The monoisotopic (exact) mass is 408 g/mol. The lowest BCUT2D eigenvalue weighted by Crippen LogP contribution is -2.16. The van der Waals surface area contributed by atoms with E-state index in [0.29, 0.717) is 34.1 Å². The molecule has 29 heavy (non-hydrogen) atoms. The number of hydrogen-bond donors (Lipinski definition) is 4. The number of aromatic amines is 2. The number of primary amides is 1. The van der Waals surface area contributed by atoms with Crippen LogP contribution in [0.1, 0.15) is 43.9 Å². The summed E-state index contributed by atoms with van der Waals surface area (Å²) >= 11 is 1.39. The second kappa shape index (κ2) is 7.17. The number of thiazole rings is 1. The standard InChI is InChI=1S/C20H20N6O2S/c1-4-11-14(17(21)27)9(2)24-16(11)19(28)26-20-25-15(10(3)29-20)13-8-23-18-12(13)6-5-7-22-18/h5-8,24H,4H2,1-3H3,(H2,21,27)(H,22,23)(H,25,26,28). The summed E-state index contributed by atoms with van der Waals surface area (Å²) < 4.78 is 0. The Morgan fingerprint density at radius 3 is 2.83 bits per heavy atom. The maximum atomic E-state index is 12.9. The van der Waals surface area contributed by atoms with E-state index in [1.807, 2.05) is 32.2 Å². The van der Waals surface area contributed by atoms with Crippen molar-refractivity contribution in [2.45, 2.75) is 27.2 Å². The minimum absolute atomic E-state index is 0.337. The molecule has 148 valence electrons. The van der Waals surface area contributed by atoms with Gasteiger partial charge in [0.25, 0.3) is 11.8 Å². The second-order valence-electron chi connectivity index (χ2n) is 6.68. The molecule has 0 fully saturated rings. The van der Waals surface area contributed by atoms with Crippen molar-refractivity contribution in [2.75, 3.05) is 5.32 Å². The van der Waals surface area contributed by atoms with E-state index in [1.165, 1.54) is 11.3 Å². The SMILES string of the molecule is CCc1c(C(=O)Nc2nc(-c3c[nH]c4ncccc34)c(C)s2)[nH]c(C)c1C(N)=O. The van der Waals surface area contributed by atoms with Crippen LogP contribution in [0.2, 0.25) is 0 Å². The Bertz CT molecular complexity index is 1250. The van der Waals surface area contributed by atoms with E-state index in [-0.39, 0.29) is 5.91 Å². The van der Waals surface area contributed by atoms with Gasteiger partial charge in [0.2, 0.25) is 0 Å². The molecule has 0 saturated heterocycles. The highest BCUT2D eigenvalue weighted by atomic mass is 32.1. The largest absolute Gasteiger partial charge is 0.366 e. The topological polar surface area (TPSA) is 130 Å². The minimum atomic E-state index is -0.546. The summed E-state index contributed by atoms with van der Waals surface area (Å²) in [5.41, 5.74) is 9.89. The summed E-state index contributed by atoms with van der Waals surface area (Å²) in [6, 6.07) is 3.85. The van der Waals surface area contributed by atoms with Crippen LogP contribution < -0.4 is 11.1 Å². The van der Waals surface area contributed by atoms with Crippen LogP contribution in [0.5, 0.6) is 0 Å². The molecule has 4 aromatic rings. The van der Waals surface area contributed by atoms with E-state index in [4.69, 9.17) is 5.73 Å². The number of nitrogens with one attached hydrogen (secondary N) is 3. The number of nitrogens with zero attached hydrogens (tertiary/aromatic N) is 2. The number of hydrogen-bond acceptors (Lipinski definition) is 5. The first-order chi connectivity index (χ1) is 13.9. The molecule has 0 spiro atoms. The first kappa shape index (κ1) is 18.9. The van der Waals surface area contributed by atoms with E-state index < -0.39 is 5.91 Å². The fourth-order valence-electron chi connectivity index (χ4n) is 3.57. The van der Waals surface area contributed by atoms with E-state index in [9.17, 15) is 9.59 Å². The van der Waals surface area contributed by atoms with Crippen LogP contribution in [-0.4, -0.2) is 31.8 Å². The molecule has 4 rings (SSSR count). The molecular formula is C20H20N6O2S. The molecule has 5 N–H and O–H groups in total. The fraction of sp³-hybridized carbons (Fsp3) is 0.200. The van der Waals surface area contributed by atoms with Crippen molar-refractivity contribution in [1.82, 2.24) is 19.9 Å². The Balaban J connectivity index is 1.67. The Labute approximate surface area is 170 Å².